The third-order valence-corrected chi connectivity index (χ3v) is 8.71. The second-order valence-corrected chi connectivity index (χ2v) is 9.89. The van der Waals surface area contributed by atoms with Crippen LogP contribution in [-0.2, 0) is 14.3 Å². The highest BCUT2D eigenvalue weighted by atomic mass is 31.2. The normalized spacial score (nSPS) is 14.0. The monoisotopic (exact) mass is 406 g/mol. The van der Waals surface area contributed by atoms with Crippen LogP contribution in [0.4, 0.5) is 0 Å². The molecule has 0 spiro atoms. The van der Waals surface area contributed by atoms with Crippen molar-refractivity contribution in [1.82, 2.24) is 0 Å². The number of ether oxygens (including phenoxy) is 2. The molecular weight excluding hydrogens is 379 g/mol. The van der Waals surface area contributed by atoms with Gasteiger partial charge in [-0.2, -0.15) is 0 Å². The van der Waals surface area contributed by atoms with E-state index in [-0.39, 0.29) is 6.29 Å². The molecule has 1 aliphatic heterocycles. The van der Waals surface area contributed by atoms with E-state index in [0.29, 0.717) is 0 Å². The number of hydrogen-bond donors (Lipinski definition) is 0. The van der Waals surface area contributed by atoms with Crippen molar-refractivity contribution in [1.29, 1.82) is 0 Å². The third kappa shape index (κ3) is 5.13. The summed E-state index contributed by atoms with van der Waals surface area (Å²) in [4.78, 5) is 11.5. The summed E-state index contributed by atoms with van der Waals surface area (Å²) in [6.45, 7) is 1.56. The van der Waals surface area contributed by atoms with E-state index < -0.39 is 6.89 Å². The highest BCUT2D eigenvalue weighted by molar-refractivity contribution is 7.95. The predicted molar refractivity (Wildman–Crippen MR) is 123 cm³/mol. The molecular formula is C25H27O3P. The van der Waals surface area contributed by atoms with Gasteiger partial charge in [-0.1, -0.05) is 97.9 Å². The standard InChI is InChI=1S/C20H17OP.C5H10O2/c21-16-17-22(18-10-4-1-5-11-18,19-12-6-2-7-13-19)20-14-8-3-9-15-20;1-2-5-6-3-4-7-5/h1-17H;5H,2-4H2,1H3. The molecule has 4 heteroatoms. The number of benzene rings is 3. The molecule has 0 atom stereocenters. The molecule has 0 bridgehead atoms. The Bertz CT molecular complexity index is 815. The first kappa shape index (κ1) is 21.3. The maximum Gasteiger partial charge on any atom is 0.157 e. The van der Waals surface area contributed by atoms with Crippen molar-refractivity contribution in [2.24, 2.45) is 0 Å². The largest absolute Gasteiger partial charge is 0.350 e. The summed E-state index contributed by atoms with van der Waals surface area (Å²) in [6.07, 6.45) is 2.01. The molecule has 0 N–H and O–H groups in total. The van der Waals surface area contributed by atoms with E-state index in [4.69, 9.17) is 9.47 Å². The summed E-state index contributed by atoms with van der Waals surface area (Å²) >= 11 is 0. The van der Waals surface area contributed by atoms with Gasteiger partial charge in [-0.05, 0) is 35.0 Å². The average molecular weight is 406 g/mol. The summed E-state index contributed by atoms with van der Waals surface area (Å²) in [5, 5.41) is 3.58. The fourth-order valence-electron chi connectivity index (χ4n) is 3.43. The van der Waals surface area contributed by atoms with Gasteiger partial charge in [0.05, 0.1) is 13.2 Å². The Morgan fingerprint density at radius 2 is 1.14 bits per heavy atom. The zero-order valence-electron chi connectivity index (χ0n) is 16.7. The highest BCUT2D eigenvalue weighted by Gasteiger charge is 2.24. The smallest absolute Gasteiger partial charge is 0.157 e. The van der Waals surface area contributed by atoms with Crippen LogP contribution in [-0.4, -0.2) is 31.6 Å². The molecule has 1 saturated heterocycles. The molecule has 3 aromatic rings. The van der Waals surface area contributed by atoms with E-state index in [1.807, 2.05) is 60.4 Å². The van der Waals surface area contributed by atoms with Crippen LogP contribution >= 0.6 is 6.89 Å². The van der Waals surface area contributed by atoms with E-state index in [9.17, 15) is 4.79 Å². The molecule has 150 valence electrons. The molecule has 1 heterocycles. The Morgan fingerprint density at radius 3 is 1.41 bits per heavy atom. The SMILES string of the molecule is CCC1OCCO1.O=CC=P(c1ccccc1)(c1ccccc1)c1ccccc1. The first-order valence-electron chi connectivity index (χ1n) is 9.89. The fourth-order valence-corrected chi connectivity index (χ4v) is 6.95. The zero-order valence-corrected chi connectivity index (χ0v) is 17.6. The average Bonchev–Trinajstić information content (AvgIpc) is 3.34. The molecule has 0 amide bonds. The number of carbonyl (C=O) groups excluding carboxylic acids is 1. The molecule has 0 radical (unpaired) electrons. The summed E-state index contributed by atoms with van der Waals surface area (Å²) in [7, 11) is 0. The molecule has 0 saturated carbocycles. The van der Waals surface area contributed by atoms with Crippen LogP contribution in [0.15, 0.2) is 91.0 Å². The van der Waals surface area contributed by atoms with Crippen LogP contribution in [0.2, 0.25) is 0 Å². The zero-order chi connectivity index (χ0) is 20.4. The summed E-state index contributed by atoms with van der Waals surface area (Å²) < 4.78 is 10.2. The number of rotatable bonds is 5. The number of aldehydes is 1. The molecule has 0 aromatic heterocycles. The van der Waals surface area contributed by atoms with Gasteiger partial charge in [0, 0.05) is 0 Å². The Morgan fingerprint density at radius 1 is 0.759 bits per heavy atom. The minimum absolute atomic E-state index is 0.0972. The van der Waals surface area contributed by atoms with E-state index >= 15 is 0 Å². The first-order valence-corrected chi connectivity index (χ1v) is 11.8. The lowest BCUT2D eigenvalue weighted by atomic mass is 10.4. The molecule has 29 heavy (non-hydrogen) atoms. The van der Waals surface area contributed by atoms with Gasteiger partial charge in [-0.15, -0.1) is 0 Å². The molecule has 0 aliphatic carbocycles. The Balaban J connectivity index is 0.000000290. The molecule has 3 aromatic carbocycles. The van der Waals surface area contributed by atoms with E-state index in [1.54, 1.807) is 0 Å². The second-order valence-electron chi connectivity index (χ2n) is 6.59. The Kier molecular flexibility index (Phi) is 8.01. The van der Waals surface area contributed by atoms with Crippen LogP contribution in [0.1, 0.15) is 13.3 Å². The van der Waals surface area contributed by atoms with Crippen molar-refractivity contribution in [3.05, 3.63) is 91.0 Å². The topological polar surface area (TPSA) is 35.5 Å². The maximum absolute atomic E-state index is 11.5. The van der Waals surface area contributed by atoms with E-state index in [1.165, 1.54) is 15.9 Å². The van der Waals surface area contributed by atoms with E-state index in [2.05, 4.69) is 43.3 Å². The van der Waals surface area contributed by atoms with Crippen molar-refractivity contribution < 1.29 is 14.3 Å². The van der Waals surface area contributed by atoms with Crippen LogP contribution < -0.4 is 15.9 Å². The lowest BCUT2D eigenvalue weighted by Crippen LogP contribution is -2.27. The Labute approximate surface area is 173 Å². The van der Waals surface area contributed by atoms with Gasteiger partial charge in [0.25, 0.3) is 0 Å². The maximum atomic E-state index is 11.5. The number of carbonyl (C=O) groups is 1. The first-order chi connectivity index (χ1) is 14.3. The number of hydrogen-bond acceptors (Lipinski definition) is 3. The van der Waals surface area contributed by atoms with Crippen molar-refractivity contribution in [2.75, 3.05) is 13.2 Å². The Hall–Kier alpha value is -2.45. The van der Waals surface area contributed by atoms with Crippen molar-refractivity contribution in [3.8, 4) is 0 Å². The van der Waals surface area contributed by atoms with Crippen molar-refractivity contribution in [2.45, 2.75) is 19.6 Å². The summed E-state index contributed by atoms with van der Waals surface area (Å²) in [5.41, 5.74) is 0. The molecule has 0 unspecified atom stereocenters. The minimum atomic E-state index is -2.05. The van der Waals surface area contributed by atoms with Gasteiger partial charge in [0.1, 0.15) is 6.29 Å². The predicted octanol–water partition coefficient (Wildman–Crippen LogP) is 3.75. The minimum Gasteiger partial charge on any atom is -0.350 e. The third-order valence-electron chi connectivity index (χ3n) is 4.80. The quantitative estimate of drug-likeness (QED) is 0.478. The van der Waals surface area contributed by atoms with Crippen LogP contribution in [0.25, 0.3) is 0 Å². The van der Waals surface area contributed by atoms with Gasteiger partial charge in [-0.25, -0.2) is 0 Å². The highest BCUT2D eigenvalue weighted by Crippen LogP contribution is 2.42. The molecule has 4 rings (SSSR count). The van der Waals surface area contributed by atoms with Gasteiger partial charge >= 0.3 is 0 Å². The molecule has 1 fully saturated rings. The second kappa shape index (κ2) is 10.9. The summed E-state index contributed by atoms with van der Waals surface area (Å²) in [5.74, 6) is 1.85. The van der Waals surface area contributed by atoms with Gasteiger partial charge in [0.15, 0.2) is 6.29 Å². The van der Waals surface area contributed by atoms with E-state index in [0.717, 1.165) is 25.9 Å². The van der Waals surface area contributed by atoms with Crippen LogP contribution in [0.3, 0.4) is 0 Å². The molecule has 3 nitrogen and oxygen atoms in total. The van der Waals surface area contributed by atoms with Crippen molar-refractivity contribution >= 4 is 34.9 Å². The summed E-state index contributed by atoms with van der Waals surface area (Å²) in [6, 6.07) is 31.0. The molecule has 1 aliphatic rings. The van der Waals surface area contributed by atoms with Gasteiger partial charge in [-0.3, -0.25) is 4.79 Å². The van der Waals surface area contributed by atoms with Crippen LogP contribution in [0.5, 0.6) is 0 Å². The van der Waals surface area contributed by atoms with Crippen LogP contribution in [0, 0.1) is 0 Å². The van der Waals surface area contributed by atoms with Crippen molar-refractivity contribution in [3.63, 3.8) is 0 Å². The van der Waals surface area contributed by atoms with Gasteiger partial charge in [0.2, 0.25) is 0 Å². The van der Waals surface area contributed by atoms with Gasteiger partial charge < -0.3 is 9.47 Å². The fraction of sp³-hybridized carbons (Fsp3) is 0.200. The lowest BCUT2D eigenvalue weighted by molar-refractivity contribution is -0.102. The lowest BCUT2D eigenvalue weighted by Gasteiger charge is -2.27.